The van der Waals surface area contributed by atoms with E-state index in [0.717, 1.165) is 6.42 Å². The minimum atomic E-state index is -1.39. The molecule has 232 valence electrons. The molecule has 4 amide bonds. The minimum Gasteiger partial charge on any atom is -0.481 e. The van der Waals surface area contributed by atoms with Gasteiger partial charge in [0.25, 0.3) is 0 Å². The third-order valence-electron chi connectivity index (χ3n) is 6.72. The molecule has 0 aliphatic carbocycles. The van der Waals surface area contributed by atoms with Gasteiger partial charge in [-0.05, 0) is 44.6 Å². The first-order chi connectivity index (χ1) is 19.4. The highest BCUT2D eigenvalue weighted by Crippen LogP contribution is 2.11. The maximum Gasteiger partial charge on any atom is 0.303 e. The van der Waals surface area contributed by atoms with E-state index in [1.807, 2.05) is 0 Å². The molecule has 1 fully saturated rings. The smallest absolute Gasteiger partial charge is 0.303 e. The molecule has 0 bridgehead atoms. The number of hydrogen-bond acceptors (Lipinski definition) is 9. The van der Waals surface area contributed by atoms with E-state index in [9.17, 15) is 33.9 Å². The Bertz CT molecular complexity index is 937. The Morgan fingerprint density at radius 1 is 1.02 bits per heavy atom. The fourth-order valence-corrected chi connectivity index (χ4v) is 4.11. The number of aliphatic imine (C=N–C) groups is 1. The second-order valence-corrected chi connectivity index (χ2v) is 9.96. The molecule has 0 radical (unpaired) electrons. The Kier molecular flexibility index (Phi) is 15.9. The monoisotopic (exact) mass is 584 g/mol. The fourth-order valence-electron chi connectivity index (χ4n) is 4.11. The summed E-state index contributed by atoms with van der Waals surface area (Å²) in [7, 11) is 0. The Labute approximate surface area is 238 Å². The number of nitrogens with zero attached hydrogens (tertiary/aromatic N) is 1. The number of carboxylic acid groups (broad SMARTS) is 1. The molecular weight excluding hydrogens is 540 g/mol. The number of carboxylic acids is 1. The Balaban J connectivity index is 2.96. The normalized spacial score (nSPS) is 18.1. The summed E-state index contributed by atoms with van der Waals surface area (Å²) in [6.45, 7) is 3.64. The van der Waals surface area contributed by atoms with Crippen LogP contribution < -0.4 is 38.1 Å². The van der Waals surface area contributed by atoms with Crippen LogP contribution in [-0.2, 0) is 28.8 Å². The van der Waals surface area contributed by atoms with Crippen molar-refractivity contribution in [2.45, 2.75) is 89.0 Å². The number of aliphatic hydroxyl groups is 1. The summed E-state index contributed by atoms with van der Waals surface area (Å²) in [6, 6.07) is -5.27. The average Bonchev–Trinajstić information content (AvgIpc) is 3.48. The molecule has 16 heteroatoms. The van der Waals surface area contributed by atoms with Gasteiger partial charge >= 0.3 is 5.97 Å². The standard InChI is InChI=1S/C25H44N8O8/c1-3-14(2)20(24(41)30-15(12-34)6-4-11-29-25(26)27)33-22(39)17(8-9-19(36)37)31-23(40)18(13-35)32-21(38)16-7-5-10-28-16/h12,14-18,20,28,35H,3-11,13H2,1-2H3,(H,30,41)(H,31,40)(H,32,38)(H,33,39)(H,36,37)(H4,26,27,29)/t14-,15+,16-,17+,18+,20-/m0/s1. The molecule has 1 heterocycles. The molecule has 1 aliphatic rings. The Hall–Kier alpha value is -3.79. The number of rotatable bonds is 19. The second-order valence-electron chi connectivity index (χ2n) is 9.96. The quantitative estimate of drug-likeness (QED) is 0.0316. The Morgan fingerprint density at radius 3 is 2.24 bits per heavy atom. The number of guanidine groups is 1. The van der Waals surface area contributed by atoms with Crippen LogP contribution in [0.15, 0.2) is 4.99 Å². The van der Waals surface area contributed by atoms with Crippen molar-refractivity contribution in [3.63, 3.8) is 0 Å². The molecule has 0 spiro atoms. The lowest BCUT2D eigenvalue weighted by atomic mass is 9.97. The molecule has 0 unspecified atom stereocenters. The number of amides is 4. The number of aliphatic carboxylic acids is 1. The maximum atomic E-state index is 13.2. The van der Waals surface area contributed by atoms with Gasteiger partial charge in [-0.25, -0.2) is 0 Å². The zero-order valence-corrected chi connectivity index (χ0v) is 23.6. The van der Waals surface area contributed by atoms with E-state index in [0.29, 0.717) is 32.1 Å². The second kappa shape index (κ2) is 18.5. The number of nitrogens with two attached hydrogens (primary N) is 2. The number of nitrogens with one attached hydrogen (secondary N) is 5. The van der Waals surface area contributed by atoms with Gasteiger partial charge in [0, 0.05) is 13.0 Å². The summed E-state index contributed by atoms with van der Waals surface area (Å²) in [6.07, 6.45) is 2.22. The first-order valence-electron chi connectivity index (χ1n) is 13.7. The van der Waals surface area contributed by atoms with Gasteiger partial charge in [0.15, 0.2) is 5.96 Å². The average molecular weight is 585 g/mol. The van der Waals surface area contributed by atoms with Crippen molar-refractivity contribution < 1.29 is 39.0 Å². The van der Waals surface area contributed by atoms with Crippen LogP contribution in [0.25, 0.3) is 0 Å². The van der Waals surface area contributed by atoms with Crippen molar-refractivity contribution in [2.24, 2.45) is 22.4 Å². The van der Waals surface area contributed by atoms with Gasteiger partial charge in [-0.2, -0.15) is 0 Å². The van der Waals surface area contributed by atoms with Crippen LogP contribution >= 0.6 is 0 Å². The largest absolute Gasteiger partial charge is 0.481 e. The highest BCUT2D eigenvalue weighted by atomic mass is 16.4. The van der Waals surface area contributed by atoms with Gasteiger partial charge in [0.1, 0.15) is 24.4 Å². The van der Waals surface area contributed by atoms with E-state index in [2.05, 4.69) is 31.6 Å². The van der Waals surface area contributed by atoms with E-state index in [1.54, 1.807) is 13.8 Å². The van der Waals surface area contributed by atoms with Crippen molar-refractivity contribution in [1.82, 2.24) is 26.6 Å². The summed E-state index contributed by atoms with van der Waals surface area (Å²) in [5.74, 6) is -4.57. The van der Waals surface area contributed by atoms with E-state index in [4.69, 9.17) is 16.6 Å². The third kappa shape index (κ3) is 12.9. The molecule has 41 heavy (non-hydrogen) atoms. The summed E-state index contributed by atoms with van der Waals surface area (Å²) < 4.78 is 0. The minimum absolute atomic E-state index is 0.0979. The molecule has 1 aliphatic heterocycles. The van der Waals surface area contributed by atoms with Crippen LogP contribution in [-0.4, -0.2) is 102 Å². The first-order valence-corrected chi connectivity index (χ1v) is 13.7. The fraction of sp³-hybridized carbons (Fsp3) is 0.720. The molecule has 0 aromatic heterocycles. The number of aldehydes is 1. The van der Waals surface area contributed by atoms with Gasteiger partial charge in [-0.15, -0.1) is 0 Å². The van der Waals surface area contributed by atoms with Crippen LogP contribution in [0.2, 0.25) is 0 Å². The molecule has 6 atom stereocenters. The zero-order chi connectivity index (χ0) is 30.9. The van der Waals surface area contributed by atoms with E-state index >= 15 is 0 Å². The molecule has 0 aromatic carbocycles. The SMILES string of the molecule is CC[C@H](C)[C@H](NC(=O)[C@@H](CCC(=O)O)NC(=O)[C@@H](CO)NC(=O)[C@@H]1CCCN1)C(=O)N[C@@H](C=O)CCCN=C(N)N. The van der Waals surface area contributed by atoms with Crippen molar-refractivity contribution in [3.8, 4) is 0 Å². The van der Waals surface area contributed by atoms with Crippen molar-refractivity contribution in [2.75, 3.05) is 19.7 Å². The maximum absolute atomic E-state index is 13.2. The molecule has 0 saturated carbocycles. The predicted molar refractivity (Wildman–Crippen MR) is 148 cm³/mol. The van der Waals surface area contributed by atoms with Crippen LogP contribution in [0.4, 0.5) is 0 Å². The lowest BCUT2D eigenvalue weighted by Crippen LogP contribution is -2.59. The number of carbonyl (C=O) groups is 6. The molecule has 1 rings (SSSR count). The lowest BCUT2D eigenvalue weighted by molar-refractivity contribution is -0.139. The third-order valence-corrected chi connectivity index (χ3v) is 6.72. The Morgan fingerprint density at radius 2 is 1.71 bits per heavy atom. The first kappa shape index (κ1) is 35.2. The number of hydrogen-bond donors (Lipinski definition) is 9. The van der Waals surface area contributed by atoms with Gasteiger partial charge in [0.2, 0.25) is 23.6 Å². The summed E-state index contributed by atoms with van der Waals surface area (Å²) in [4.78, 5) is 78.2. The highest BCUT2D eigenvalue weighted by molar-refractivity contribution is 5.95. The van der Waals surface area contributed by atoms with Crippen LogP contribution in [0, 0.1) is 5.92 Å². The van der Waals surface area contributed by atoms with E-state index in [-0.39, 0.29) is 25.3 Å². The molecule has 16 nitrogen and oxygen atoms in total. The van der Waals surface area contributed by atoms with Crippen LogP contribution in [0.5, 0.6) is 0 Å². The summed E-state index contributed by atoms with van der Waals surface area (Å²) >= 11 is 0. The molecular formula is C25H44N8O8. The van der Waals surface area contributed by atoms with Gasteiger partial charge in [-0.3, -0.25) is 29.0 Å². The van der Waals surface area contributed by atoms with Crippen molar-refractivity contribution >= 4 is 41.8 Å². The molecule has 11 N–H and O–H groups in total. The van der Waals surface area contributed by atoms with E-state index in [1.165, 1.54) is 0 Å². The zero-order valence-electron chi connectivity index (χ0n) is 23.6. The van der Waals surface area contributed by atoms with Crippen LogP contribution in [0.3, 0.4) is 0 Å². The summed E-state index contributed by atoms with van der Waals surface area (Å²) in [5, 5.41) is 31.8. The van der Waals surface area contributed by atoms with Crippen molar-refractivity contribution in [3.05, 3.63) is 0 Å². The van der Waals surface area contributed by atoms with Crippen molar-refractivity contribution in [1.29, 1.82) is 0 Å². The number of aliphatic hydroxyl groups excluding tert-OH is 1. The van der Waals surface area contributed by atoms with Gasteiger partial charge < -0.3 is 53.1 Å². The lowest BCUT2D eigenvalue weighted by Gasteiger charge is -2.28. The molecule has 1 saturated heterocycles. The highest BCUT2D eigenvalue weighted by Gasteiger charge is 2.33. The molecule has 0 aromatic rings. The van der Waals surface area contributed by atoms with Crippen LogP contribution in [0.1, 0.15) is 58.8 Å². The number of carbonyl (C=O) groups excluding carboxylic acids is 5. The predicted octanol–water partition coefficient (Wildman–Crippen LogP) is -3.17. The topological polar surface area (TPSA) is 267 Å². The van der Waals surface area contributed by atoms with E-state index < -0.39 is 78.8 Å². The summed E-state index contributed by atoms with van der Waals surface area (Å²) in [5.41, 5.74) is 10.6. The van der Waals surface area contributed by atoms with Gasteiger partial charge in [0.05, 0.1) is 18.7 Å². The van der Waals surface area contributed by atoms with Gasteiger partial charge in [-0.1, -0.05) is 20.3 Å².